The summed E-state index contributed by atoms with van der Waals surface area (Å²) in [5.74, 6) is 0. The highest BCUT2D eigenvalue weighted by Gasteiger charge is 2.15. The van der Waals surface area contributed by atoms with Crippen LogP contribution in [0.3, 0.4) is 0 Å². The Hall–Kier alpha value is -0.440. The molecule has 0 radical (unpaired) electrons. The highest BCUT2D eigenvalue weighted by molar-refractivity contribution is 6.36. The van der Waals surface area contributed by atoms with E-state index >= 15 is 0 Å². The number of halogens is 4. The average molecular weight is 321 g/mol. The summed E-state index contributed by atoms with van der Waals surface area (Å²) in [7, 11) is 0. The van der Waals surface area contributed by atoms with Crippen molar-refractivity contribution in [2.75, 3.05) is 0 Å². The largest absolute Gasteiger partial charge is 0.320 e. The summed E-state index contributed by atoms with van der Waals surface area (Å²) in [6.45, 7) is 0. The van der Waals surface area contributed by atoms with Gasteiger partial charge in [-0.3, -0.25) is 0 Å². The molecule has 0 spiro atoms. The van der Waals surface area contributed by atoms with E-state index in [-0.39, 0.29) is 0 Å². The van der Waals surface area contributed by atoms with Crippen LogP contribution in [0.1, 0.15) is 17.2 Å². The normalized spacial score (nSPS) is 11.0. The fraction of sp³-hybridized carbons (Fsp3) is 0.0769. The first-order valence-corrected chi connectivity index (χ1v) is 6.65. The van der Waals surface area contributed by atoms with Crippen molar-refractivity contribution >= 4 is 46.4 Å². The highest BCUT2D eigenvalue weighted by atomic mass is 35.5. The van der Waals surface area contributed by atoms with Crippen molar-refractivity contribution in [1.29, 1.82) is 0 Å². The second kappa shape index (κ2) is 5.68. The molecule has 18 heavy (non-hydrogen) atoms. The molecule has 1 nitrogen and oxygen atoms in total. The Morgan fingerprint density at radius 3 is 1.44 bits per heavy atom. The average Bonchev–Trinajstić information content (AvgIpc) is 2.28. The molecular formula is C13H9Cl4N. The molecule has 94 valence electrons. The third-order valence-corrected chi connectivity index (χ3v) is 3.72. The maximum absolute atomic E-state index is 6.16. The van der Waals surface area contributed by atoms with Crippen LogP contribution in [0, 0.1) is 0 Å². The van der Waals surface area contributed by atoms with Gasteiger partial charge in [-0.2, -0.15) is 0 Å². The van der Waals surface area contributed by atoms with E-state index in [0.29, 0.717) is 20.1 Å². The molecule has 0 amide bonds. The molecule has 0 heterocycles. The van der Waals surface area contributed by atoms with Crippen LogP contribution in [-0.2, 0) is 0 Å². The van der Waals surface area contributed by atoms with Gasteiger partial charge >= 0.3 is 0 Å². The Kier molecular flexibility index (Phi) is 4.41. The summed E-state index contributed by atoms with van der Waals surface area (Å²) in [4.78, 5) is 0. The van der Waals surface area contributed by atoms with Crippen molar-refractivity contribution in [3.8, 4) is 0 Å². The first-order valence-electron chi connectivity index (χ1n) is 5.14. The molecule has 2 aromatic rings. The van der Waals surface area contributed by atoms with Crippen molar-refractivity contribution in [3.05, 3.63) is 67.6 Å². The van der Waals surface area contributed by atoms with Gasteiger partial charge in [0.05, 0.1) is 6.04 Å². The zero-order valence-corrected chi connectivity index (χ0v) is 12.2. The standard InChI is InChI=1S/C13H9Cl4N/c14-7-1-3-9(11(16)5-7)13(18)10-4-2-8(15)6-12(10)17/h1-6,13H,18H2. The lowest BCUT2D eigenvalue weighted by molar-refractivity contribution is 0.872. The zero-order chi connectivity index (χ0) is 13.3. The Bertz CT molecular complexity index is 532. The first-order chi connectivity index (χ1) is 8.49. The monoisotopic (exact) mass is 319 g/mol. The van der Waals surface area contributed by atoms with Crippen LogP contribution >= 0.6 is 46.4 Å². The molecule has 0 bridgehead atoms. The Morgan fingerprint density at radius 1 is 0.722 bits per heavy atom. The molecule has 0 aliphatic rings. The van der Waals surface area contributed by atoms with Crippen molar-refractivity contribution in [1.82, 2.24) is 0 Å². The van der Waals surface area contributed by atoms with E-state index in [0.717, 1.165) is 11.1 Å². The van der Waals surface area contributed by atoms with Crippen LogP contribution in [0.15, 0.2) is 36.4 Å². The second-order valence-corrected chi connectivity index (χ2v) is 5.50. The lowest BCUT2D eigenvalue weighted by Crippen LogP contribution is -2.12. The molecule has 0 saturated carbocycles. The van der Waals surface area contributed by atoms with E-state index in [4.69, 9.17) is 52.1 Å². The van der Waals surface area contributed by atoms with Gasteiger partial charge in [-0.25, -0.2) is 0 Å². The van der Waals surface area contributed by atoms with Crippen LogP contribution in [-0.4, -0.2) is 0 Å². The van der Waals surface area contributed by atoms with Crippen molar-refractivity contribution in [3.63, 3.8) is 0 Å². The summed E-state index contributed by atoms with van der Waals surface area (Å²) in [5.41, 5.74) is 7.70. The fourth-order valence-electron chi connectivity index (χ4n) is 1.67. The third kappa shape index (κ3) is 2.93. The summed E-state index contributed by atoms with van der Waals surface area (Å²) < 4.78 is 0. The molecule has 0 aromatic heterocycles. The second-order valence-electron chi connectivity index (χ2n) is 3.81. The smallest absolute Gasteiger partial charge is 0.0581 e. The lowest BCUT2D eigenvalue weighted by atomic mass is 9.99. The van der Waals surface area contributed by atoms with Crippen LogP contribution < -0.4 is 5.73 Å². The summed E-state index contributed by atoms with van der Waals surface area (Å²) in [6.07, 6.45) is 0. The van der Waals surface area contributed by atoms with Gasteiger partial charge < -0.3 is 5.73 Å². The quantitative estimate of drug-likeness (QED) is 0.793. The van der Waals surface area contributed by atoms with Crippen LogP contribution in [0.4, 0.5) is 0 Å². The van der Waals surface area contributed by atoms with Gasteiger partial charge in [0, 0.05) is 20.1 Å². The van der Waals surface area contributed by atoms with Crippen LogP contribution in [0.25, 0.3) is 0 Å². The Balaban J connectivity index is 2.44. The highest BCUT2D eigenvalue weighted by Crippen LogP contribution is 2.33. The molecule has 0 saturated heterocycles. The van der Waals surface area contributed by atoms with E-state index in [1.807, 2.05) is 0 Å². The SMILES string of the molecule is NC(c1ccc(Cl)cc1Cl)c1ccc(Cl)cc1Cl. The molecule has 2 aromatic carbocycles. The minimum absolute atomic E-state index is 0.417. The van der Waals surface area contributed by atoms with Gasteiger partial charge in [0.15, 0.2) is 0 Å². The van der Waals surface area contributed by atoms with E-state index < -0.39 is 6.04 Å². The molecule has 0 aliphatic carbocycles. The molecule has 0 fully saturated rings. The fourth-order valence-corrected chi connectivity index (χ4v) is 2.73. The minimum atomic E-state index is -0.417. The van der Waals surface area contributed by atoms with E-state index in [1.54, 1.807) is 36.4 Å². The van der Waals surface area contributed by atoms with Gasteiger partial charge in [-0.15, -0.1) is 0 Å². The van der Waals surface area contributed by atoms with Crippen molar-refractivity contribution in [2.24, 2.45) is 5.73 Å². The van der Waals surface area contributed by atoms with Gasteiger partial charge in [0.25, 0.3) is 0 Å². The molecular weight excluding hydrogens is 312 g/mol. The van der Waals surface area contributed by atoms with Crippen LogP contribution in [0.5, 0.6) is 0 Å². The van der Waals surface area contributed by atoms with Gasteiger partial charge in [0.2, 0.25) is 0 Å². The number of rotatable bonds is 2. The van der Waals surface area contributed by atoms with E-state index in [9.17, 15) is 0 Å². The predicted molar refractivity (Wildman–Crippen MR) is 79.0 cm³/mol. The summed E-state index contributed by atoms with van der Waals surface area (Å²) in [6, 6.07) is 9.96. The van der Waals surface area contributed by atoms with Crippen molar-refractivity contribution in [2.45, 2.75) is 6.04 Å². The molecule has 2 rings (SSSR count). The topological polar surface area (TPSA) is 26.0 Å². The number of hydrogen-bond donors (Lipinski definition) is 1. The van der Waals surface area contributed by atoms with E-state index in [2.05, 4.69) is 0 Å². The number of benzene rings is 2. The predicted octanol–water partition coefficient (Wildman–Crippen LogP) is 5.35. The van der Waals surface area contributed by atoms with Crippen LogP contribution in [0.2, 0.25) is 20.1 Å². The number of hydrogen-bond acceptors (Lipinski definition) is 1. The third-order valence-electron chi connectivity index (χ3n) is 2.60. The Morgan fingerprint density at radius 2 is 1.11 bits per heavy atom. The van der Waals surface area contributed by atoms with E-state index in [1.165, 1.54) is 0 Å². The van der Waals surface area contributed by atoms with Crippen molar-refractivity contribution < 1.29 is 0 Å². The molecule has 0 unspecified atom stereocenters. The molecule has 0 aliphatic heterocycles. The zero-order valence-electron chi connectivity index (χ0n) is 9.13. The summed E-state index contributed by atoms with van der Waals surface area (Å²) in [5, 5.41) is 2.17. The molecule has 2 N–H and O–H groups in total. The van der Waals surface area contributed by atoms with Gasteiger partial charge in [-0.05, 0) is 35.4 Å². The minimum Gasteiger partial charge on any atom is -0.320 e. The lowest BCUT2D eigenvalue weighted by Gasteiger charge is -2.16. The maximum Gasteiger partial charge on any atom is 0.0581 e. The number of nitrogens with two attached hydrogens (primary N) is 1. The summed E-state index contributed by atoms with van der Waals surface area (Å²) >= 11 is 24.0. The molecule has 0 atom stereocenters. The Labute approximate surface area is 125 Å². The molecule has 5 heteroatoms. The van der Waals surface area contributed by atoms with Gasteiger partial charge in [0.1, 0.15) is 0 Å². The first kappa shape index (κ1) is 14.0. The van der Waals surface area contributed by atoms with Gasteiger partial charge in [-0.1, -0.05) is 58.5 Å². The maximum atomic E-state index is 6.16.